The summed E-state index contributed by atoms with van der Waals surface area (Å²) in [6.45, 7) is 6.34. The first-order valence-corrected chi connectivity index (χ1v) is 7.38. The lowest BCUT2D eigenvalue weighted by molar-refractivity contribution is 0.438. The zero-order chi connectivity index (χ0) is 13.8. The molecule has 0 heterocycles. The molecule has 0 saturated carbocycles. The molecular formula is C13H18N2O2S. The van der Waals surface area contributed by atoms with Gasteiger partial charge in [0, 0.05) is 12.1 Å². The lowest BCUT2D eigenvalue weighted by Crippen LogP contribution is -2.38. The summed E-state index contributed by atoms with van der Waals surface area (Å²) < 4.78 is 24.1. The fourth-order valence-electron chi connectivity index (χ4n) is 1.44. The van der Waals surface area contributed by atoms with E-state index in [0.717, 1.165) is 0 Å². The Balaban J connectivity index is 2.78. The molecule has 0 aliphatic heterocycles. The zero-order valence-electron chi connectivity index (χ0n) is 10.9. The van der Waals surface area contributed by atoms with Gasteiger partial charge in [-0.3, -0.25) is 0 Å². The van der Waals surface area contributed by atoms with Crippen LogP contribution in [0.1, 0.15) is 26.3 Å². The van der Waals surface area contributed by atoms with Crippen LogP contribution in [0.25, 0.3) is 0 Å². The molecule has 0 radical (unpaired) electrons. The van der Waals surface area contributed by atoms with E-state index in [2.05, 4.69) is 5.32 Å². The lowest BCUT2D eigenvalue weighted by Gasteiger charge is -2.20. The normalized spacial score (nSPS) is 12.1. The second-order valence-corrected chi connectivity index (χ2v) is 7.24. The van der Waals surface area contributed by atoms with Gasteiger partial charge in [-0.05, 0) is 39.0 Å². The Morgan fingerprint density at radius 1 is 1.33 bits per heavy atom. The number of nitrogens with one attached hydrogen (secondary N) is 1. The summed E-state index contributed by atoms with van der Waals surface area (Å²) in [5.41, 5.74) is 0.254. The highest BCUT2D eigenvalue weighted by Crippen LogP contribution is 2.12. The van der Waals surface area contributed by atoms with E-state index in [1.807, 2.05) is 26.8 Å². The topological polar surface area (TPSA) is 70.0 Å². The van der Waals surface area contributed by atoms with Crippen LogP contribution in [-0.2, 0) is 9.84 Å². The summed E-state index contributed by atoms with van der Waals surface area (Å²) in [4.78, 5) is 0.206. The third-order valence-electron chi connectivity index (χ3n) is 2.35. The van der Waals surface area contributed by atoms with Crippen molar-refractivity contribution in [3.8, 4) is 6.07 Å². The fraction of sp³-hybridized carbons (Fsp3) is 0.462. The molecule has 0 fully saturated rings. The first-order valence-electron chi connectivity index (χ1n) is 5.72. The van der Waals surface area contributed by atoms with Crippen LogP contribution in [0.15, 0.2) is 29.2 Å². The van der Waals surface area contributed by atoms with Crippen LogP contribution in [0.4, 0.5) is 0 Å². The second-order valence-electron chi connectivity index (χ2n) is 5.14. The summed E-state index contributed by atoms with van der Waals surface area (Å²) in [5, 5.41) is 11.9. The molecule has 0 aromatic heterocycles. The van der Waals surface area contributed by atoms with Gasteiger partial charge in [0.2, 0.25) is 0 Å². The highest BCUT2D eigenvalue weighted by Gasteiger charge is 2.16. The Hall–Kier alpha value is -1.38. The minimum Gasteiger partial charge on any atom is -0.311 e. The van der Waals surface area contributed by atoms with Gasteiger partial charge in [-0.2, -0.15) is 5.26 Å². The van der Waals surface area contributed by atoms with Gasteiger partial charge in [0.1, 0.15) is 0 Å². The zero-order valence-corrected chi connectivity index (χ0v) is 11.7. The van der Waals surface area contributed by atoms with Crippen LogP contribution < -0.4 is 5.32 Å². The van der Waals surface area contributed by atoms with Gasteiger partial charge >= 0.3 is 0 Å². The molecule has 1 aromatic rings. The fourth-order valence-corrected chi connectivity index (χ4v) is 2.64. The van der Waals surface area contributed by atoms with Crippen molar-refractivity contribution in [2.24, 2.45) is 0 Å². The maximum Gasteiger partial charge on any atom is 0.179 e. The van der Waals surface area contributed by atoms with Crippen molar-refractivity contribution in [3.63, 3.8) is 0 Å². The van der Waals surface area contributed by atoms with Gasteiger partial charge in [-0.25, -0.2) is 8.42 Å². The van der Waals surface area contributed by atoms with Crippen molar-refractivity contribution >= 4 is 9.84 Å². The first kappa shape index (κ1) is 14.7. The Bertz CT molecular complexity index is 551. The number of rotatable bonds is 4. The van der Waals surface area contributed by atoms with Gasteiger partial charge in [0.15, 0.2) is 9.84 Å². The van der Waals surface area contributed by atoms with Gasteiger partial charge in [-0.1, -0.05) is 6.07 Å². The molecule has 0 aliphatic carbocycles. The van der Waals surface area contributed by atoms with Crippen molar-refractivity contribution < 1.29 is 8.42 Å². The summed E-state index contributed by atoms with van der Waals surface area (Å²) in [6, 6.07) is 8.05. The molecule has 4 nitrogen and oxygen atoms in total. The van der Waals surface area contributed by atoms with Crippen LogP contribution in [0.3, 0.4) is 0 Å². The lowest BCUT2D eigenvalue weighted by atomic mass is 10.1. The Morgan fingerprint density at radius 2 is 2.00 bits per heavy atom. The molecular weight excluding hydrogens is 248 g/mol. The van der Waals surface area contributed by atoms with Crippen molar-refractivity contribution in [1.29, 1.82) is 5.26 Å². The first-order chi connectivity index (χ1) is 8.24. The average Bonchev–Trinajstić information content (AvgIpc) is 2.27. The monoisotopic (exact) mass is 266 g/mol. The molecule has 18 heavy (non-hydrogen) atoms. The van der Waals surface area contributed by atoms with E-state index >= 15 is 0 Å². The number of hydrogen-bond donors (Lipinski definition) is 1. The number of benzene rings is 1. The van der Waals surface area contributed by atoms with Crippen LogP contribution in [0, 0.1) is 11.3 Å². The highest BCUT2D eigenvalue weighted by atomic mass is 32.2. The highest BCUT2D eigenvalue weighted by molar-refractivity contribution is 7.91. The molecule has 0 amide bonds. The molecule has 0 unspecified atom stereocenters. The Kier molecular flexibility index (Phi) is 4.49. The van der Waals surface area contributed by atoms with Crippen molar-refractivity contribution in [1.82, 2.24) is 5.32 Å². The van der Waals surface area contributed by atoms with Gasteiger partial charge < -0.3 is 5.32 Å². The average molecular weight is 266 g/mol. The molecule has 0 saturated heterocycles. The van der Waals surface area contributed by atoms with Gasteiger partial charge in [0.05, 0.1) is 22.3 Å². The minimum atomic E-state index is -3.33. The largest absolute Gasteiger partial charge is 0.311 e. The van der Waals surface area contributed by atoms with Crippen LogP contribution in [0.5, 0.6) is 0 Å². The third-order valence-corrected chi connectivity index (χ3v) is 4.06. The molecule has 0 spiro atoms. The number of hydrogen-bond acceptors (Lipinski definition) is 4. The second kappa shape index (κ2) is 5.51. The van der Waals surface area contributed by atoms with Gasteiger partial charge in [0.25, 0.3) is 0 Å². The van der Waals surface area contributed by atoms with Crippen LogP contribution >= 0.6 is 0 Å². The van der Waals surface area contributed by atoms with Crippen molar-refractivity contribution in [2.45, 2.75) is 31.2 Å². The Labute approximate surface area is 109 Å². The molecule has 5 heteroatoms. The standard InChI is InChI=1S/C13H18N2O2S/c1-13(2,3)15-7-8-18(16,17)12-6-4-5-11(9-12)10-14/h4-6,9,15H,7-8H2,1-3H3. The molecule has 0 atom stereocenters. The predicted molar refractivity (Wildman–Crippen MR) is 71.0 cm³/mol. The van der Waals surface area contributed by atoms with Crippen LogP contribution in [-0.4, -0.2) is 26.3 Å². The molecule has 0 aliphatic rings. The van der Waals surface area contributed by atoms with E-state index in [0.29, 0.717) is 12.1 Å². The van der Waals surface area contributed by atoms with Crippen molar-refractivity contribution in [3.05, 3.63) is 29.8 Å². The third kappa shape index (κ3) is 4.47. The summed E-state index contributed by atoms with van der Waals surface area (Å²) in [7, 11) is -3.33. The van der Waals surface area contributed by atoms with E-state index in [9.17, 15) is 8.42 Å². The molecule has 1 N–H and O–H groups in total. The van der Waals surface area contributed by atoms with Crippen molar-refractivity contribution in [2.75, 3.05) is 12.3 Å². The van der Waals surface area contributed by atoms with Crippen LogP contribution in [0.2, 0.25) is 0 Å². The minimum absolute atomic E-state index is 0.0269. The SMILES string of the molecule is CC(C)(C)NCCS(=O)(=O)c1cccc(C#N)c1. The van der Waals surface area contributed by atoms with E-state index in [1.54, 1.807) is 12.1 Å². The summed E-state index contributed by atoms with van der Waals surface area (Å²) in [6.07, 6.45) is 0. The summed E-state index contributed by atoms with van der Waals surface area (Å²) in [5.74, 6) is 0.0269. The molecule has 1 aromatic carbocycles. The van der Waals surface area contributed by atoms with E-state index in [-0.39, 0.29) is 16.2 Å². The van der Waals surface area contributed by atoms with E-state index in [4.69, 9.17) is 5.26 Å². The molecule has 0 bridgehead atoms. The smallest absolute Gasteiger partial charge is 0.179 e. The maximum absolute atomic E-state index is 12.0. The predicted octanol–water partition coefficient (Wildman–Crippen LogP) is 1.72. The van der Waals surface area contributed by atoms with E-state index in [1.165, 1.54) is 12.1 Å². The quantitative estimate of drug-likeness (QED) is 0.901. The number of sulfone groups is 1. The van der Waals surface area contributed by atoms with E-state index < -0.39 is 9.84 Å². The number of nitrogens with zero attached hydrogens (tertiary/aromatic N) is 1. The maximum atomic E-state index is 12.0. The summed E-state index contributed by atoms with van der Waals surface area (Å²) >= 11 is 0. The molecule has 98 valence electrons. The van der Waals surface area contributed by atoms with Gasteiger partial charge in [-0.15, -0.1) is 0 Å². The molecule has 1 rings (SSSR count). The Morgan fingerprint density at radius 3 is 2.56 bits per heavy atom. The number of nitriles is 1.